The molecular formula is C13H19NO4. The molecule has 0 amide bonds. The Labute approximate surface area is 107 Å². The van der Waals surface area contributed by atoms with E-state index in [1.54, 1.807) is 14.2 Å². The van der Waals surface area contributed by atoms with Gasteiger partial charge in [0, 0.05) is 19.7 Å². The Balaban J connectivity index is 2.82. The van der Waals surface area contributed by atoms with Crippen molar-refractivity contribution in [2.45, 2.75) is 6.42 Å². The van der Waals surface area contributed by atoms with Crippen molar-refractivity contribution in [3.63, 3.8) is 0 Å². The quantitative estimate of drug-likeness (QED) is 0.722. The molecule has 0 aliphatic carbocycles. The predicted molar refractivity (Wildman–Crippen MR) is 69.4 cm³/mol. The molecule has 0 aliphatic heterocycles. The monoisotopic (exact) mass is 253 g/mol. The fourth-order valence-electron chi connectivity index (χ4n) is 1.58. The number of esters is 1. The third-order valence-corrected chi connectivity index (χ3v) is 2.68. The van der Waals surface area contributed by atoms with Gasteiger partial charge in [-0.2, -0.15) is 0 Å². The lowest BCUT2D eigenvalue weighted by Crippen LogP contribution is -2.22. The minimum Gasteiger partial charge on any atom is -0.497 e. The molecule has 0 heterocycles. The maximum Gasteiger partial charge on any atom is 0.307 e. The van der Waals surface area contributed by atoms with Crippen LogP contribution in [0.1, 0.15) is 6.42 Å². The molecule has 5 heteroatoms. The van der Waals surface area contributed by atoms with Gasteiger partial charge in [-0.05, 0) is 12.1 Å². The summed E-state index contributed by atoms with van der Waals surface area (Å²) in [6, 6.07) is 5.54. The predicted octanol–water partition coefficient (Wildman–Crippen LogP) is 1.70. The minimum atomic E-state index is -0.233. The molecule has 0 radical (unpaired) electrons. The van der Waals surface area contributed by atoms with Gasteiger partial charge in [0.05, 0.1) is 33.4 Å². The highest BCUT2D eigenvalue weighted by atomic mass is 16.5. The van der Waals surface area contributed by atoms with E-state index in [1.165, 1.54) is 7.11 Å². The normalized spacial score (nSPS) is 9.78. The summed E-state index contributed by atoms with van der Waals surface area (Å²) >= 11 is 0. The van der Waals surface area contributed by atoms with Crippen LogP contribution in [0, 0.1) is 0 Å². The van der Waals surface area contributed by atoms with Crippen molar-refractivity contribution in [3.05, 3.63) is 18.2 Å². The number of benzene rings is 1. The van der Waals surface area contributed by atoms with Crippen LogP contribution in [0.4, 0.5) is 5.69 Å². The summed E-state index contributed by atoms with van der Waals surface area (Å²) in [4.78, 5) is 13.0. The molecule has 100 valence electrons. The van der Waals surface area contributed by atoms with E-state index in [-0.39, 0.29) is 5.97 Å². The molecule has 0 unspecified atom stereocenters. The fourth-order valence-corrected chi connectivity index (χ4v) is 1.58. The number of nitrogens with zero attached hydrogens (tertiary/aromatic N) is 1. The molecule has 0 bridgehead atoms. The molecule has 0 atom stereocenters. The number of carbonyl (C=O) groups excluding carboxylic acids is 1. The highest BCUT2D eigenvalue weighted by Crippen LogP contribution is 2.31. The molecular weight excluding hydrogens is 234 g/mol. The van der Waals surface area contributed by atoms with E-state index < -0.39 is 0 Å². The zero-order chi connectivity index (χ0) is 13.5. The lowest BCUT2D eigenvalue weighted by molar-refractivity contribution is -0.140. The molecule has 0 spiro atoms. The van der Waals surface area contributed by atoms with E-state index in [1.807, 2.05) is 30.1 Å². The van der Waals surface area contributed by atoms with E-state index >= 15 is 0 Å². The number of carbonyl (C=O) groups is 1. The van der Waals surface area contributed by atoms with Gasteiger partial charge in [0.2, 0.25) is 0 Å². The average molecular weight is 253 g/mol. The molecule has 1 rings (SSSR count). The zero-order valence-electron chi connectivity index (χ0n) is 11.2. The highest BCUT2D eigenvalue weighted by Gasteiger charge is 2.11. The molecule has 0 saturated heterocycles. The van der Waals surface area contributed by atoms with Gasteiger partial charge in [0.15, 0.2) is 0 Å². The summed E-state index contributed by atoms with van der Waals surface area (Å²) in [5.74, 6) is 1.25. The molecule has 1 aromatic carbocycles. The van der Waals surface area contributed by atoms with Crippen molar-refractivity contribution in [1.82, 2.24) is 0 Å². The van der Waals surface area contributed by atoms with Crippen LogP contribution < -0.4 is 14.4 Å². The number of anilines is 1. The van der Waals surface area contributed by atoms with Gasteiger partial charge in [-0.1, -0.05) is 0 Å². The third-order valence-electron chi connectivity index (χ3n) is 2.68. The average Bonchev–Trinajstić information content (AvgIpc) is 2.43. The van der Waals surface area contributed by atoms with Gasteiger partial charge >= 0.3 is 5.97 Å². The van der Waals surface area contributed by atoms with Crippen LogP contribution in [-0.2, 0) is 9.53 Å². The number of rotatable bonds is 6. The van der Waals surface area contributed by atoms with E-state index in [9.17, 15) is 4.79 Å². The molecule has 1 aromatic rings. The van der Waals surface area contributed by atoms with E-state index in [0.29, 0.717) is 13.0 Å². The Hall–Kier alpha value is -1.91. The second kappa shape index (κ2) is 6.74. The molecule has 0 aromatic heterocycles. The zero-order valence-corrected chi connectivity index (χ0v) is 11.2. The number of hydrogen-bond acceptors (Lipinski definition) is 5. The summed E-state index contributed by atoms with van der Waals surface area (Å²) in [5.41, 5.74) is 0.876. The number of methoxy groups -OCH3 is 3. The van der Waals surface area contributed by atoms with Crippen LogP contribution in [0.5, 0.6) is 11.5 Å². The Kier molecular flexibility index (Phi) is 5.30. The van der Waals surface area contributed by atoms with Crippen LogP contribution in [-0.4, -0.2) is 40.9 Å². The van der Waals surface area contributed by atoms with Crippen molar-refractivity contribution in [1.29, 1.82) is 0 Å². The van der Waals surface area contributed by atoms with Crippen LogP contribution in [0.15, 0.2) is 18.2 Å². The van der Waals surface area contributed by atoms with Gasteiger partial charge in [0.1, 0.15) is 11.5 Å². The number of ether oxygens (including phenoxy) is 3. The third kappa shape index (κ3) is 3.55. The Morgan fingerprint density at radius 2 is 1.94 bits per heavy atom. The number of hydrogen-bond donors (Lipinski definition) is 0. The molecule has 0 saturated carbocycles. The van der Waals surface area contributed by atoms with Gasteiger partial charge in [-0.15, -0.1) is 0 Å². The van der Waals surface area contributed by atoms with Crippen molar-refractivity contribution < 1.29 is 19.0 Å². The van der Waals surface area contributed by atoms with Crippen molar-refractivity contribution in [3.8, 4) is 11.5 Å². The van der Waals surface area contributed by atoms with Crippen LogP contribution in [0.25, 0.3) is 0 Å². The van der Waals surface area contributed by atoms with E-state index in [4.69, 9.17) is 9.47 Å². The molecule has 0 aliphatic rings. The Bertz CT molecular complexity index is 406. The van der Waals surface area contributed by atoms with Gasteiger partial charge in [-0.3, -0.25) is 4.79 Å². The maximum atomic E-state index is 11.1. The largest absolute Gasteiger partial charge is 0.497 e. The summed E-state index contributed by atoms with van der Waals surface area (Å²) in [6.45, 7) is 0.552. The lowest BCUT2D eigenvalue weighted by atomic mass is 10.2. The second-order valence-corrected chi connectivity index (χ2v) is 3.79. The second-order valence-electron chi connectivity index (χ2n) is 3.79. The highest BCUT2D eigenvalue weighted by molar-refractivity contribution is 5.70. The molecule has 18 heavy (non-hydrogen) atoms. The SMILES string of the molecule is COC(=O)CCN(C)c1cc(OC)ccc1OC. The first-order chi connectivity index (χ1) is 8.62. The molecule has 5 nitrogen and oxygen atoms in total. The first kappa shape index (κ1) is 14.2. The van der Waals surface area contributed by atoms with Gasteiger partial charge in [-0.25, -0.2) is 0 Å². The standard InChI is InChI=1S/C13H19NO4/c1-14(8-7-13(15)18-4)11-9-10(16-2)5-6-12(11)17-3/h5-6,9H,7-8H2,1-4H3. The lowest BCUT2D eigenvalue weighted by Gasteiger charge is -2.21. The Morgan fingerprint density at radius 3 is 2.50 bits per heavy atom. The topological polar surface area (TPSA) is 48.0 Å². The van der Waals surface area contributed by atoms with E-state index in [2.05, 4.69) is 4.74 Å². The molecule has 0 fully saturated rings. The van der Waals surface area contributed by atoms with Gasteiger partial charge in [0.25, 0.3) is 0 Å². The van der Waals surface area contributed by atoms with Crippen molar-refractivity contribution in [2.24, 2.45) is 0 Å². The van der Waals surface area contributed by atoms with Crippen molar-refractivity contribution >= 4 is 11.7 Å². The smallest absolute Gasteiger partial charge is 0.307 e. The maximum absolute atomic E-state index is 11.1. The molecule has 0 N–H and O–H groups in total. The summed E-state index contributed by atoms with van der Waals surface area (Å²) in [5, 5.41) is 0. The van der Waals surface area contributed by atoms with Gasteiger partial charge < -0.3 is 19.1 Å². The Morgan fingerprint density at radius 1 is 1.22 bits per heavy atom. The fraction of sp³-hybridized carbons (Fsp3) is 0.462. The first-order valence-electron chi connectivity index (χ1n) is 5.62. The first-order valence-corrected chi connectivity index (χ1v) is 5.62. The summed E-state index contributed by atoms with van der Waals surface area (Å²) in [7, 11) is 6.49. The summed E-state index contributed by atoms with van der Waals surface area (Å²) < 4.78 is 15.1. The minimum absolute atomic E-state index is 0.233. The van der Waals surface area contributed by atoms with Crippen LogP contribution in [0.3, 0.4) is 0 Å². The van der Waals surface area contributed by atoms with Crippen LogP contribution >= 0.6 is 0 Å². The van der Waals surface area contributed by atoms with Crippen molar-refractivity contribution in [2.75, 3.05) is 39.8 Å². The van der Waals surface area contributed by atoms with E-state index in [0.717, 1.165) is 17.2 Å². The van der Waals surface area contributed by atoms with Crippen LogP contribution in [0.2, 0.25) is 0 Å². The summed E-state index contributed by atoms with van der Waals surface area (Å²) in [6.07, 6.45) is 0.327.